The van der Waals surface area contributed by atoms with Crippen molar-refractivity contribution >= 4 is 11.8 Å². The maximum Gasteiger partial charge on any atom is 0.226 e. The van der Waals surface area contributed by atoms with Crippen molar-refractivity contribution in [1.82, 2.24) is 10.2 Å². The van der Waals surface area contributed by atoms with Crippen molar-refractivity contribution in [3.05, 3.63) is 0 Å². The predicted octanol–water partition coefficient (Wildman–Crippen LogP) is -0.190. The molecular weight excluding hydrogens is 206 g/mol. The maximum atomic E-state index is 11.8. The largest absolute Gasteiger partial charge is 0.359 e. The van der Waals surface area contributed by atoms with Crippen LogP contribution in [-0.2, 0) is 9.59 Å². The lowest BCUT2D eigenvalue weighted by molar-refractivity contribution is -0.135. The molecule has 0 aromatic rings. The highest BCUT2D eigenvalue weighted by Gasteiger charge is 2.23. The molecule has 16 heavy (non-hydrogen) atoms. The third-order valence-corrected chi connectivity index (χ3v) is 2.80. The Labute approximate surface area is 97.4 Å². The number of carbonyl (C=O) groups is 2. The van der Waals surface area contributed by atoms with Crippen molar-refractivity contribution in [2.45, 2.75) is 26.8 Å². The number of amides is 2. The molecule has 3 N–H and O–H groups in total. The Kier molecular flexibility index (Phi) is 6.03. The van der Waals surface area contributed by atoms with Gasteiger partial charge in [-0.05, 0) is 6.92 Å². The second kappa shape index (κ2) is 6.48. The number of hydrogen-bond acceptors (Lipinski definition) is 3. The second-order valence-corrected chi connectivity index (χ2v) is 4.38. The van der Waals surface area contributed by atoms with Gasteiger partial charge >= 0.3 is 0 Å². The van der Waals surface area contributed by atoms with E-state index >= 15 is 0 Å². The van der Waals surface area contributed by atoms with Crippen molar-refractivity contribution in [2.24, 2.45) is 17.6 Å². The van der Waals surface area contributed by atoms with Gasteiger partial charge in [0.2, 0.25) is 11.8 Å². The molecule has 0 saturated heterocycles. The van der Waals surface area contributed by atoms with Gasteiger partial charge in [0.05, 0.1) is 11.8 Å². The molecule has 0 aliphatic carbocycles. The molecular formula is C11H23N3O2. The molecule has 0 aromatic heterocycles. The SMILES string of the molecule is CNC(=O)C(C)CN(C)C(=O)C(C)C(C)N. The predicted molar refractivity (Wildman–Crippen MR) is 63.7 cm³/mol. The highest BCUT2D eigenvalue weighted by Crippen LogP contribution is 2.07. The molecule has 5 nitrogen and oxygen atoms in total. The Morgan fingerprint density at radius 2 is 1.81 bits per heavy atom. The average molecular weight is 229 g/mol. The van der Waals surface area contributed by atoms with Crippen molar-refractivity contribution in [3.8, 4) is 0 Å². The molecule has 2 amide bonds. The molecule has 94 valence electrons. The topological polar surface area (TPSA) is 75.4 Å². The molecule has 5 heteroatoms. The van der Waals surface area contributed by atoms with E-state index in [2.05, 4.69) is 5.32 Å². The zero-order valence-corrected chi connectivity index (χ0v) is 10.8. The molecule has 0 fully saturated rings. The quantitative estimate of drug-likeness (QED) is 0.686. The van der Waals surface area contributed by atoms with E-state index in [0.29, 0.717) is 6.54 Å². The van der Waals surface area contributed by atoms with E-state index in [1.165, 1.54) is 0 Å². The molecule has 0 bridgehead atoms. The van der Waals surface area contributed by atoms with Gasteiger partial charge in [-0.1, -0.05) is 13.8 Å². The first-order valence-corrected chi connectivity index (χ1v) is 5.53. The molecule has 0 aromatic carbocycles. The van der Waals surface area contributed by atoms with Gasteiger partial charge in [0.15, 0.2) is 0 Å². The Hall–Kier alpha value is -1.10. The smallest absolute Gasteiger partial charge is 0.226 e. The zero-order chi connectivity index (χ0) is 12.9. The second-order valence-electron chi connectivity index (χ2n) is 4.38. The van der Waals surface area contributed by atoms with Gasteiger partial charge in [-0.2, -0.15) is 0 Å². The summed E-state index contributed by atoms with van der Waals surface area (Å²) in [5.74, 6) is -0.514. The fraction of sp³-hybridized carbons (Fsp3) is 0.818. The summed E-state index contributed by atoms with van der Waals surface area (Å²) in [4.78, 5) is 24.7. The van der Waals surface area contributed by atoms with E-state index in [1.807, 2.05) is 0 Å². The third kappa shape index (κ3) is 4.18. The van der Waals surface area contributed by atoms with Gasteiger partial charge in [-0.25, -0.2) is 0 Å². The van der Waals surface area contributed by atoms with Crippen molar-refractivity contribution in [2.75, 3.05) is 20.6 Å². The summed E-state index contributed by atoms with van der Waals surface area (Å²) < 4.78 is 0. The highest BCUT2D eigenvalue weighted by atomic mass is 16.2. The summed E-state index contributed by atoms with van der Waals surface area (Å²) in [6, 6.07) is -0.176. The molecule has 0 radical (unpaired) electrons. The van der Waals surface area contributed by atoms with Crippen LogP contribution >= 0.6 is 0 Å². The Morgan fingerprint density at radius 1 is 1.31 bits per heavy atom. The van der Waals surface area contributed by atoms with Gasteiger partial charge in [0.1, 0.15) is 0 Å². The van der Waals surface area contributed by atoms with E-state index in [0.717, 1.165) is 0 Å². The van der Waals surface area contributed by atoms with Crippen LogP contribution in [0.4, 0.5) is 0 Å². The van der Waals surface area contributed by atoms with Crippen molar-refractivity contribution in [3.63, 3.8) is 0 Å². The molecule has 0 aliphatic rings. The van der Waals surface area contributed by atoms with E-state index in [9.17, 15) is 9.59 Å². The molecule has 0 rings (SSSR count). The number of rotatable bonds is 5. The summed E-state index contributed by atoms with van der Waals surface area (Å²) in [5, 5.41) is 2.56. The lowest BCUT2D eigenvalue weighted by atomic mass is 10.0. The van der Waals surface area contributed by atoms with E-state index in [1.54, 1.807) is 39.8 Å². The summed E-state index contributed by atoms with van der Waals surface area (Å²) in [6.45, 7) is 5.81. The van der Waals surface area contributed by atoms with Crippen LogP contribution in [0.5, 0.6) is 0 Å². The Bertz CT molecular complexity index is 254. The summed E-state index contributed by atoms with van der Waals surface area (Å²) >= 11 is 0. The zero-order valence-electron chi connectivity index (χ0n) is 10.8. The summed E-state index contributed by atoms with van der Waals surface area (Å²) in [5.41, 5.74) is 5.66. The lowest BCUT2D eigenvalue weighted by Crippen LogP contribution is -2.43. The average Bonchev–Trinajstić information content (AvgIpc) is 2.25. The number of hydrogen-bond donors (Lipinski definition) is 2. The van der Waals surface area contributed by atoms with Crippen LogP contribution in [0.2, 0.25) is 0 Å². The van der Waals surface area contributed by atoms with Gasteiger partial charge in [0, 0.05) is 26.7 Å². The molecule has 0 saturated carbocycles. The molecule has 0 spiro atoms. The monoisotopic (exact) mass is 229 g/mol. The molecule has 3 unspecified atom stereocenters. The Morgan fingerprint density at radius 3 is 2.19 bits per heavy atom. The van der Waals surface area contributed by atoms with E-state index < -0.39 is 0 Å². The summed E-state index contributed by atoms with van der Waals surface area (Å²) in [7, 11) is 3.28. The number of nitrogens with zero attached hydrogens (tertiary/aromatic N) is 1. The number of nitrogens with two attached hydrogens (primary N) is 1. The highest BCUT2D eigenvalue weighted by molar-refractivity contribution is 5.81. The van der Waals surface area contributed by atoms with Gasteiger partial charge < -0.3 is 16.0 Å². The molecule has 0 aliphatic heterocycles. The minimum absolute atomic E-state index is 0.0225. The minimum Gasteiger partial charge on any atom is -0.359 e. The Balaban J connectivity index is 4.30. The van der Waals surface area contributed by atoms with E-state index in [4.69, 9.17) is 5.73 Å². The third-order valence-electron chi connectivity index (χ3n) is 2.80. The molecule has 0 heterocycles. The number of nitrogens with one attached hydrogen (secondary N) is 1. The van der Waals surface area contributed by atoms with Crippen LogP contribution in [0, 0.1) is 11.8 Å². The van der Waals surface area contributed by atoms with Crippen LogP contribution < -0.4 is 11.1 Å². The fourth-order valence-corrected chi connectivity index (χ4v) is 1.40. The first-order chi connectivity index (χ1) is 7.31. The standard InChI is InChI=1S/C11H23N3O2/c1-7(10(15)13-4)6-14(5)11(16)8(2)9(3)12/h7-9H,6,12H2,1-5H3,(H,13,15). The van der Waals surface area contributed by atoms with Gasteiger partial charge in [-0.15, -0.1) is 0 Å². The van der Waals surface area contributed by atoms with Crippen LogP contribution in [0.25, 0.3) is 0 Å². The first-order valence-electron chi connectivity index (χ1n) is 5.53. The number of carbonyl (C=O) groups excluding carboxylic acids is 2. The van der Waals surface area contributed by atoms with E-state index in [-0.39, 0.29) is 29.7 Å². The summed E-state index contributed by atoms with van der Waals surface area (Å²) in [6.07, 6.45) is 0. The van der Waals surface area contributed by atoms with Crippen molar-refractivity contribution in [1.29, 1.82) is 0 Å². The van der Waals surface area contributed by atoms with Crippen LogP contribution in [0.1, 0.15) is 20.8 Å². The van der Waals surface area contributed by atoms with Gasteiger partial charge in [-0.3, -0.25) is 9.59 Å². The van der Waals surface area contributed by atoms with Crippen LogP contribution in [0.3, 0.4) is 0 Å². The first kappa shape index (κ1) is 14.9. The normalized spacial score (nSPS) is 16.1. The van der Waals surface area contributed by atoms with Gasteiger partial charge in [0.25, 0.3) is 0 Å². The fourth-order valence-electron chi connectivity index (χ4n) is 1.40. The van der Waals surface area contributed by atoms with Crippen molar-refractivity contribution < 1.29 is 9.59 Å². The maximum absolute atomic E-state index is 11.8. The van der Waals surface area contributed by atoms with Crippen LogP contribution in [0.15, 0.2) is 0 Å². The lowest BCUT2D eigenvalue weighted by Gasteiger charge is -2.25. The molecule has 3 atom stereocenters. The minimum atomic E-state index is -0.220. The van der Waals surface area contributed by atoms with Crippen LogP contribution in [-0.4, -0.2) is 43.4 Å².